The van der Waals surface area contributed by atoms with E-state index in [1.165, 1.54) is 9.96 Å². The smallest absolute Gasteiger partial charge is 0.435 e. The molecule has 50 heavy (non-hydrogen) atoms. The number of nitriles is 1. The first-order valence-corrected chi connectivity index (χ1v) is 20.1. The zero-order valence-electron chi connectivity index (χ0n) is 30.4. The summed E-state index contributed by atoms with van der Waals surface area (Å²) in [4.78, 5) is 35.4. The summed E-state index contributed by atoms with van der Waals surface area (Å²) in [7, 11) is -2.26. The number of hydrogen-bond donors (Lipinski definition) is 0. The van der Waals surface area contributed by atoms with Crippen molar-refractivity contribution in [3.05, 3.63) is 107 Å². The Hall–Kier alpha value is -4.43. The number of nitrogens with zero attached hydrogens (tertiary/aromatic N) is 3. The Kier molecular flexibility index (Phi) is 10.9. The van der Waals surface area contributed by atoms with Gasteiger partial charge in [0.25, 0.3) is 0 Å². The van der Waals surface area contributed by atoms with Crippen molar-refractivity contribution in [3.8, 4) is 17.2 Å². The van der Waals surface area contributed by atoms with Gasteiger partial charge in [-0.3, -0.25) is 9.74 Å². The Bertz CT molecular complexity index is 1710. The second kappa shape index (κ2) is 14.8. The molecule has 0 N–H and O–H groups in total. The maximum Gasteiger partial charge on any atom is 0.435 e. The fourth-order valence-electron chi connectivity index (χ4n) is 5.97. The monoisotopic (exact) mass is 695 g/mol. The Labute approximate surface area is 297 Å². The van der Waals surface area contributed by atoms with Crippen molar-refractivity contribution in [3.63, 3.8) is 0 Å². The molecule has 2 atom stereocenters. The lowest BCUT2D eigenvalue weighted by Gasteiger charge is -2.41. The van der Waals surface area contributed by atoms with Crippen LogP contribution in [0.1, 0.15) is 64.2 Å². The minimum Gasteiger partial charge on any atom is -0.448 e. The SMILES string of the molecule is CC(C)(C)OC(=O)N(OCc1ccccc1)C1C=C(CO[Si](C)(C)C(C)(C)C)C(C#N)N(C(=O)OCC2c3ccccc3-c3ccccc32)C1. The van der Waals surface area contributed by atoms with Crippen LogP contribution < -0.4 is 0 Å². The van der Waals surface area contributed by atoms with Gasteiger partial charge in [0.05, 0.1) is 25.3 Å². The van der Waals surface area contributed by atoms with Gasteiger partial charge in [-0.1, -0.05) is 106 Å². The zero-order chi connectivity index (χ0) is 36.3. The molecule has 264 valence electrons. The second-order valence-electron chi connectivity index (χ2n) is 15.4. The lowest BCUT2D eigenvalue weighted by molar-refractivity contribution is -0.174. The molecule has 3 aromatic carbocycles. The van der Waals surface area contributed by atoms with E-state index in [1.807, 2.05) is 60.7 Å². The van der Waals surface area contributed by atoms with E-state index >= 15 is 0 Å². The highest BCUT2D eigenvalue weighted by molar-refractivity contribution is 6.74. The van der Waals surface area contributed by atoms with E-state index in [9.17, 15) is 14.9 Å². The highest BCUT2D eigenvalue weighted by atomic mass is 28.4. The van der Waals surface area contributed by atoms with Crippen molar-refractivity contribution >= 4 is 20.5 Å². The van der Waals surface area contributed by atoms with Crippen LogP contribution in [0.5, 0.6) is 0 Å². The summed E-state index contributed by atoms with van der Waals surface area (Å²) in [6, 6.07) is 26.3. The number of carbonyl (C=O) groups is 2. The third-order valence-corrected chi connectivity index (χ3v) is 14.1. The van der Waals surface area contributed by atoms with Gasteiger partial charge in [-0.15, -0.1) is 0 Å². The van der Waals surface area contributed by atoms with E-state index in [4.69, 9.17) is 18.7 Å². The third-order valence-electron chi connectivity index (χ3n) is 9.64. The average molecular weight is 696 g/mol. The summed E-state index contributed by atoms with van der Waals surface area (Å²) in [6.45, 7) is 16.3. The molecular formula is C40H49N3O6Si. The van der Waals surface area contributed by atoms with Gasteiger partial charge in [0.15, 0.2) is 8.32 Å². The highest BCUT2D eigenvalue weighted by Gasteiger charge is 2.42. The normalized spacial score (nSPS) is 17.7. The lowest BCUT2D eigenvalue weighted by Crippen LogP contribution is -2.55. The first-order valence-electron chi connectivity index (χ1n) is 17.1. The fraction of sp³-hybridized carbons (Fsp3) is 0.425. The number of ether oxygens (including phenoxy) is 2. The van der Waals surface area contributed by atoms with Crippen LogP contribution in [-0.4, -0.2) is 67.9 Å². The lowest BCUT2D eigenvalue weighted by atomic mass is 9.98. The predicted octanol–water partition coefficient (Wildman–Crippen LogP) is 8.83. The molecule has 9 nitrogen and oxygen atoms in total. The first kappa shape index (κ1) is 36.8. The number of hydrogen-bond acceptors (Lipinski definition) is 7. The quantitative estimate of drug-likeness (QED) is 0.125. The highest BCUT2D eigenvalue weighted by Crippen LogP contribution is 2.44. The van der Waals surface area contributed by atoms with Gasteiger partial charge in [0.1, 0.15) is 24.9 Å². The van der Waals surface area contributed by atoms with Crippen LogP contribution in [0.25, 0.3) is 11.1 Å². The second-order valence-corrected chi connectivity index (χ2v) is 20.2. The Morgan fingerprint density at radius 1 is 0.880 bits per heavy atom. The van der Waals surface area contributed by atoms with E-state index in [0.29, 0.717) is 5.57 Å². The molecule has 0 saturated carbocycles. The van der Waals surface area contributed by atoms with Crippen LogP contribution >= 0.6 is 0 Å². The van der Waals surface area contributed by atoms with Gasteiger partial charge in [0, 0.05) is 5.92 Å². The van der Waals surface area contributed by atoms with Crippen LogP contribution in [-0.2, 0) is 25.3 Å². The molecule has 1 heterocycles. The van der Waals surface area contributed by atoms with E-state index in [0.717, 1.165) is 27.8 Å². The molecule has 0 fully saturated rings. The molecular weight excluding hydrogens is 647 g/mol. The standard InChI is InChI=1S/C40H49N3O6Si/c1-39(2,3)49-38(45)43(47-25-28-16-10-9-11-17-28)30-22-29(26-48-50(7,8)40(4,5)6)36(23-41)42(24-30)37(44)46-27-35-33-20-14-12-18-31(33)32-19-13-15-21-34(32)35/h9-22,30,35-36H,24-27H2,1-8H3. The van der Waals surface area contributed by atoms with Gasteiger partial charge in [-0.05, 0) is 72.3 Å². The predicted molar refractivity (Wildman–Crippen MR) is 195 cm³/mol. The summed E-state index contributed by atoms with van der Waals surface area (Å²) >= 11 is 0. The maximum atomic E-state index is 14.1. The number of carbonyl (C=O) groups excluding carboxylic acids is 2. The molecule has 5 rings (SSSR count). The van der Waals surface area contributed by atoms with Crippen molar-refractivity contribution < 1.29 is 28.3 Å². The topological polar surface area (TPSA) is 101 Å². The van der Waals surface area contributed by atoms with Crippen molar-refractivity contribution in [1.82, 2.24) is 9.96 Å². The molecule has 1 aliphatic carbocycles. The third kappa shape index (κ3) is 8.29. The Balaban J connectivity index is 1.46. The van der Waals surface area contributed by atoms with Gasteiger partial charge < -0.3 is 13.9 Å². The largest absolute Gasteiger partial charge is 0.448 e. The molecule has 10 heteroatoms. The number of hydroxylamine groups is 2. The summed E-state index contributed by atoms with van der Waals surface area (Å²) in [6.07, 6.45) is 0.444. The van der Waals surface area contributed by atoms with Crippen molar-refractivity contribution in [1.29, 1.82) is 5.26 Å². The number of benzene rings is 3. The van der Waals surface area contributed by atoms with Crippen LogP contribution in [0.4, 0.5) is 9.59 Å². The van der Waals surface area contributed by atoms with Gasteiger partial charge in [-0.25, -0.2) is 9.59 Å². The molecule has 0 bridgehead atoms. The van der Waals surface area contributed by atoms with Gasteiger partial charge in [0.2, 0.25) is 0 Å². The van der Waals surface area contributed by atoms with Crippen molar-refractivity contribution in [2.75, 3.05) is 19.8 Å². The Morgan fingerprint density at radius 2 is 1.46 bits per heavy atom. The van der Waals surface area contributed by atoms with Crippen LogP contribution in [0.15, 0.2) is 90.5 Å². The minimum absolute atomic E-state index is 0.0491. The first-order chi connectivity index (χ1) is 23.6. The molecule has 0 saturated heterocycles. The Morgan fingerprint density at radius 3 is 2.02 bits per heavy atom. The molecule has 0 spiro atoms. The summed E-state index contributed by atoms with van der Waals surface area (Å²) in [5.74, 6) is -0.156. The van der Waals surface area contributed by atoms with Crippen LogP contribution in [0, 0.1) is 11.3 Å². The maximum absolute atomic E-state index is 14.1. The van der Waals surface area contributed by atoms with Gasteiger partial charge in [-0.2, -0.15) is 10.3 Å². The van der Waals surface area contributed by atoms with Crippen LogP contribution in [0.2, 0.25) is 18.1 Å². The number of rotatable bonds is 9. The molecule has 0 radical (unpaired) electrons. The van der Waals surface area contributed by atoms with E-state index in [2.05, 4.69) is 64.2 Å². The van der Waals surface area contributed by atoms with Crippen LogP contribution in [0.3, 0.4) is 0 Å². The van der Waals surface area contributed by atoms with Crippen molar-refractivity contribution in [2.24, 2.45) is 0 Å². The van der Waals surface area contributed by atoms with Gasteiger partial charge >= 0.3 is 12.2 Å². The zero-order valence-corrected chi connectivity index (χ0v) is 31.4. The summed E-state index contributed by atoms with van der Waals surface area (Å²) < 4.78 is 18.4. The molecule has 3 aromatic rings. The van der Waals surface area contributed by atoms with E-state index in [1.54, 1.807) is 20.8 Å². The number of fused-ring (bicyclic) bond motifs is 3. The molecule has 1 aliphatic heterocycles. The fourth-order valence-corrected chi connectivity index (χ4v) is 6.93. The summed E-state index contributed by atoms with van der Waals surface area (Å²) in [5, 5.41) is 11.6. The molecule has 2 amide bonds. The summed E-state index contributed by atoms with van der Waals surface area (Å²) in [5.41, 5.74) is 5.01. The molecule has 0 aromatic heterocycles. The average Bonchev–Trinajstić information content (AvgIpc) is 3.38. The van der Waals surface area contributed by atoms with E-state index in [-0.39, 0.29) is 37.3 Å². The minimum atomic E-state index is -2.26. The van der Waals surface area contributed by atoms with Crippen molar-refractivity contribution in [2.45, 2.75) is 89.9 Å². The molecule has 2 aliphatic rings. The van der Waals surface area contributed by atoms with E-state index < -0.39 is 38.2 Å². The number of amides is 2. The molecule has 2 unspecified atom stereocenters.